The molecule has 2 heterocycles. The molecule has 2 aromatic carbocycles. The second-order valence-corrected chi connectivity index (χ2v) is 9.37. The van der Waals surface area contributed by atoms with Gasteiger partial charge in [-0.2, -0.15) is 13.2 Å². The number of ether oxygens (including phenoxy) is 1. The lowest BCUT2D eigenvalue weighted by molar-refractivity contribution is -0.137. The van der Waals surface area contributed by atoms with Crippen molar-refractivity contribution >= 4 is 23.2 Å². The van der Waals surface area contributed by atoms with Crippen molar-refractivity contribution in [3.05, 3.63) is 83.8 Å². The first-order valence-electron chi connectivity index (χ1n) is 12.4. The lowest BCUT2D eigenvalue weighted by Gasteiger charge is -2.33. The van der Waals surface area contributed by atoms with Gasteiger partial charge in [0.2, 0.25) is 5.88 Å². The van der Waals surface area contributed by atoms with Gasteiger partial charge in [-0.15, -0.1) is 0 Å². The van der Waals surface area contributed by atoms with Gasteiger partial charge in [-0.1, -0.05) is 43.5 Å². The van der Waals surface area contributed by atoms with Crippen molar-refractivity contribution in [2.45, 2.75) is 50.4 Å². The molecule has 0 spiro atoms. The van der Waals surface area contributed by atoms with Crippen LogP contribution in [0.15, 0.2) is 66.9 Å². The first kappa shape index (κ1) is 25.7. The maximum atomic E-state index is 14.3. The molecule has 1 saturated carbocycles. The molecule has 198 valence electrons. The quantitative estimate of drug-likeness (QED) is 0.365. The minimum atomic E-state index is -4.61. The van der Waals surface area contributed by atoms with E-state index < -0.39 is 42.0 Å². The third-order valence-electron chi connectivity index (χ3n) is 6.92. The molecule has 0 N–H and O–H groups in total. The maximum absolute atomic E-state index is 14.3. The van der Waals surface area contributed by atoms with Crippen molar-refractivity contribution in [3.8, 4) is 5.88 Å². The van der Waals surface area contributed by atoms with Gasteiger partial charge in [-0.3, -0.25) is 14.5 Å². The number of carbonyl (C=O) groups excluding carboxylic acids is 2. The Labute approximate surface area is 216 Å². The van der Waals surface area contributed by atoms with E-state index >= 15 is 0 Å². The van der Waals surface area contributed by atoms with Crippen molar-refractivity contribution in [1.29, 1.82) is 0 Å². The summed E-state index contributed by atoms with van der Waals surface area (Å²) < 4.78 is 58.9. The first-order chi connectivity index (χ1) is 18.2. The number of amides is 2. The molecule has 10 heteroatoms. The van der Waals surface area contributed by atoms with Crippen LogP contribution in [0.2, 0.25) is 0 Å². The molecule has 1 aromatic heterocycles. The smallest absolute Gasteiger partial charge is 0.416 e. The number of aromatic nitrogens is 1. The molecule has 5 rings (SSSR count). The molecule has 0 radical (unpaired) electrons. The number of hydrogen-bond acceptors (Lipinski definition) is 4. The molecular formula is C28H25F4N3O3. The van der Waals surface area contributed by atoms with E-state index in [-0.39, 0.29) is 17.6 Å². The Balaban J connectivity index is 1.49. The number of nitrogens with zero attached hydrogens (tertiary/aromatic N) is 3. The minimum Gasteiger partial charge on any atom is -0.468 e. The van der Waals surface area contributed by atoms with Crippen LogP contribution in [0.25, 0.3) is 0 Å². The van der Waals surface area contributed by atoms with Crippen LogP contribution in [0.1, 0.15) is 49.3 Å². The second-order valence-electron chi connectivity index (χ2n) is 9.37. The number of halogens is 4. The summed E-state index contributed by atoms with van der Waals surface area (Å²) in [4.78, 5) is 34.2. The number of hydrogen-bond donors (Lipinski definition) is 0. The normalized spacial score (nSPS) is 17.8. The number of alkyl halides is 3. The molecule has 0 saturated heterocycles. The van der Waals surface area contributed by atoms with E-state index in [2.05, 4.69) is 4.98 Å². The van der Waals surface area contributed by atoms with Crippen LogP contribution in [0.3, 0.4) is 0 Å². The predicted molar refractivity (Wildman–Crippen MR) is 132 cm³/mol. The van der Waals surface area contributed by atoms with Gasteiger partial charge in [0.05, 0.1) is 5.56 Å². The fraction of sp³-hybridized carbons (Fsp3) is 0.321. The van der Waals surface area contributed by atoms with Crippen LogP contribution in [-0.4, -0.2) is 29.4 Å². The Morgan fingerprint density at radius 2 is 1.79 bits per heavy atom. The summed E-state index contributed by atoms with van der Waals surface area (Å²) in [6.07, 6.45) is 1.08. The van der Waals surface area contributed by atoms with Crippen molar-refractivity contribution in [2.75, 3.05) is 16.4 Å². The molecule has 38 heavy (non-hydrogen) atoms. The van der Waals surface area contributed by atoms with Crippen LogP contribution in [0.5, 0.6) is 5.88 Å². The Hall–Kier alpha value is -3.95. The van der Waals surface area contributed by atoms with Crippen LogP contribution < -0.4 is 14.5 Å². The van der Waals surface area contributed by atoms with E-state index in [4.69, 9.17) is 4.74 Å². The monoisotopic (exact) mass is 527 g/mol. The third kappa shape index (κ3) is 5.07. The number of fused-ring (bicyclic) bond motifs is 1. The Kier molecular flexibility index (Phi) is 7.05. The van der Waals surface area contributed by atoms with E-state index in [1.54, 1.807) is 17.0 Å². The van der Waals surface area contributed by atoms with Gasteiger partial charge in [0.25, 0.3) is 11.8 Å². The van der Waals surface area contributed by atoms with Crippen LogP contribution >= 0.6 is 0 Å². The predicted octanol–water partition coefficient (Wildman–Crippen LogP) is 6.07. The first-order valence-corrected chi connectivity index (χ1v) is 12.4. The maximum Gasteiger partial charge on any atom is 0.416 e. The summed E-state index contributed by atoms with van der Waals surface area (Å²) in [5, 5.41) is 0. The van der Waals surface area contributed by atoms with Crippen molar-refractivity contribution in [2.24, 2.45) is 0 Å². The SMILES string of the molecule is O=C1C(N(C(=O)COc2cc(C(F)(F)F)ccn2)c2cccc(F)c2)c2ccccc2N1C1CCCCC1. The molecule has 2 aliphatic rings. The van der Waals surface area contributed by atoms with E-state index in [0.29, 0.717) is 17.3 Å². The van der Waals surface area contributed by atoms with Gasteiger partial charge in [-0.05, 0) is 43.2 Å². The van der Waals surface area contributed by atoms with E-state index in [1.165, 1.54) is 23.1 Å². The highest BCUT2D eigenvalue weighted by Crippen LogP contribution is 2.44. The number of rotatable bonds is 6. The molecule has 1 unspecified atom stereocenters. The van der Waals surface area contributed by atoms with Crippen molar-refractivity contribution < 1.29 is 31.9 Å². The summed E-state index contributed by atoms with van der Waals surface area (Å²) >= 11 is 0. The van der Waals surface area contributed by atoms with Gasteiger partial charge < -0.3 is 9.64 Å². The van der Waals surface area contributed by atoms with Gasteiger partial charge >= 0.3 is 6.18 Å². The largest absolute Gasteiger partial charge is 0.468 e. The summed E-state index contributed by atoms with van der Waals surface area (Å²) in [5.41, 5.74) is 0.455. The second kappa shape index (κ2) is 10.4. The van der Waals surface area contributed by atoms with Crippen LogP contribution in [-0.2, 0) is 15.8 Å². The summed E-state index contributed by atoms with van der Waals surface area (Å²) in [7, 11) is 0. The third-order valence-corrected chi connectivity index (χ3v) is 6.92. The number of anilines is 2. The lowest BCUT2D eigenvalue weighted by atomic mass is 9.94. The zero-order chi connectivity index (χ0) is 26.9. The Morgan fingerprint density at radius 1 is 1.03 bits per heavy atom. The molecule has 3 aromatic rings. The highest BCUT2D eigenvalue weighted by atomic mass is 19.4. The molecule has 6 nitrogen and oxygen atoms in total. The topological polar surface area (TPSA) is 62.7 Å². The standard InChI is InChI=1S/C28H25F4N3O3/c29-19-7-6-10-21(16-19)35(25(36)17-38-24-15-18(13-14-33-24)28(30,31)32)26-22-11-4-5-12-23(22)34(27(26)37)20-8-2-1-3-9-20/h4-7,10-16,20,26H,1-3,8-9,17H2. The van der Waals surface area contributed by atoms with Crippen molar-refractivity contribution in [3.63, 3.8) is 0 Å². The van der Waals surface area contributed by atoms with Crippen LogP contribution in [0, 0.1) is 5.82 Å². The van der Waals surface area contributed by atoms with Gasteiger partial charge in [0, 0.05) is 35.2 Å². The van der Waals surface area contributed by atoms with E-state index in [9.17, 15) is 27.2 Å². The molecule has 1 aliphatic carbocycles. The fourth-order valence-electron chi connectivity index (χ4n) is 5.22. The number of carbonyl (C=O) groups is 2. The Bertz CT molecular complexity index is 1340. The van der Waals surface area contributed by atoms with Crippen molar-refractivity contribution in [1.82, 2.24) is 4.98 Å². The fourth-order valence-corrected chi connectivity index (χ4v) is 5.22. The number of para-hydroxylation sites is 1. The lowest BCUT2D eigenvalue weighted by Crippen LogP contribution is -2.46. The van der Waals surface area contributed by atoms with Gasteiger partial charge in [-0.25, -0.2) is 9.37 Å². The molecular weight excluding hydrogens is 502 g/mol. The minimum absolute atomic E-state index is 0.0163. The molecule has 2 amide bonds. The molecule has 1 aliphatic heterocycles. The highest BCUT2D eigenvalue weighted by Gasteiger charge is 2.46. The average Bonchev–Trinajstić information content (AvgIpc) is 3.19. The average molecular weight is 528 g/mol. The van der Waals surface area contributed by atoms with Crippen LogP contribution in [0.4, 0.5) is 28.9 Å². The van der Waals surface area contributed by atoms with E-state index in [0.717, 1.165) is 50.4 Å². The number of pyridine rings is 1. The Morgan fingerprint density at radius 3 is 2.53 bits per heavy atom. The highest BCUT2D eigenvalue weighted by molar-refractivity contribution is 6.12. The number of benzene rings is 2. The summed E-state index contributed by atoms with van der Waals surface area (Å²) in [6.45, 7) is -0.708. The van der Waals surface area contributed by atoms with Gasteiger partial charge in [0.1, 0.15) is 11.9 Å². The molecule has 1 fully saturated rings. The summed E-state index contributed by atoms with van der Waals surface area (Å²) in [5.74, 6) is -2.04. The zero-order valence-corrected chi connectivity index (χ0v) is 20.3. The molecule has 1 atom stereocenters. The van der Waals surface area contributed by atoms with Gasteiger partial charge in [0.15, 0.2) is 6.61 Å². The zero-order valence-electron chi connectivity index (χ0n) is 20.3. The molecule has 0 bridgehead atoms. The van der Waals surface area contributed by atoms with E-state index in [1.807, 2.05) is 12.1 Å². The summed E-state index contributed by atoms with van der Waals surface area (Å²) in [6, 6.07) is 12.8.